The van der Waals surface area contributed by atoms with Crippen molar-refractivity contribution in [2.75, 3.05) is 39.1 Å². The van der Waals surface area contributed by atoms with E-state index in [9.17, 15) is 27.8 Å². The van der Waals surface area contributed by atoms with Gasteiger partial charge in [0.1, 0.15) is 29.0 Å². The smallest absolute Gasteiger partial charge is 0.147 e. The summed E-state index contributed by atoms with van der Waals surface area (Å²) in [5, 5.41) is 21.6. The molecule has 0 aliphatic carbocycles. The van der Waals surface area contributed by atoms with E-state index in [4.69, 9.17) is 4.74 Å². The van der Waals surface area contributed by atoms with Gasteiger partial charge in [0, 0.05) is 42.0 Å². The molecule has 1 aromatic heterocycles. The van der Waals surface area contributed by atoms with E-state index in [0.29, 0.717) is 73.4 Å². The number of aliphatic hydroxyl groups excluding tert-OH is 2. The molecule has 2 N–H and O–H groups in total. The van der Waals surface area contributed by atoms with Crippen LogP contribution in [0.4, 0.5) is 17.6 Å². The number of rotatable bonds is 10. The fourth-order valence-corrected chi connectivity index (χ4v) is 5.85. The van der Waals surface area contributed by atoms with Gasteiger partial charge in [-0.25, -0.2) is 17.6 Å². The van der Waals surface area contributed by atoms with Gasteiger partial charge in [0.05, 0.1) is 29.8 Å². The molecule has 0 unspecified atom stereocenters. The molecule has 0 radical (unpaired) electrons. The molecule has 0 saturated carbocycles. The third kappa shape index (κ3) is 6.37. The Morgan fingerprint density at radius 2 is 1.78 bits per heavy atom. The molecule has 1 aliphatic rings. The second kappa shape index (κ2) is 12.0. The molecule has 2 aromatic carbocycles. The predicted molar refractivity (Wildman–Crippen MR) is 135 cm³/mol. The lowest BCUT2D eigenvalue weighted by Gasteiger charge is -2.41. The first-order valence-corrected chi connectivity index (χ1v) is 13.1. The number of ether oxygens (including phenoxy) is 1. The minimum absolute atomic E-state index is 0.0539. The first-order chi connectivity index (χ1) is 17.7. The molecule has 10 heteroatoms. The van der Waals surface area contributed by atoms with E-state index in [1.54, 1.807) is 18.2 Å². The van der Waals surface area contributed by atoms with Gasteiger partial charge < -0.3 is 19.8 Å². The number of thioether (sulfide) groups is 1. The van der Waals surface area contributed by atoms with Crippen LogP contribution in [-0.2, 0) is 0 Å². The molecule has 5 nitrogen and oxygen atoms in total. The molecule has 1 saturated heterocycles. The molecule has 37 heavy (non-hydrogen) atoms. The Morgan fingerprint density at radius 1 is 1.08 bits per heavy atom. The maximum Gasteiger partial charge on any atom is 0.147 e. The van der Waals surface area contributed by atoms with Crippen LogP contribution in [0.5, 0.6) is 5.75 Å². The lowest BCUT2D eigenvalue weighted by atomic mass is 9.74. The summed E-state index contributed by atoms with van der Waals surface area (Å²) in [6.07, 6.45) is 2.16. The molecular weight excluding hydrogens is 508 g/mol. The predicted octanol–water partition coefficient (Wildman–Crippen LogP) is 5.48. The van der Waals surface area contributed by atoms with Crippen molar-refractivity contribution in [1.82, 2.24) is 9.88 Å². The molecule has 0 spiro atoms. The van der Waals surface area contributed by atoms with Crippen molar-refractivity contribution >= 4 is 22.7 Å². The zero-order valence-electron chi connectivity index (χ0n) is 20.5. The SMILES string of the molecule is COc1ccc2ncc(F)c([C@@H](O)CCC3(CO)CCN(CCSc4c(F)cc(F)cc4F)CC3)c2c1. The summed E-state index contributed by atoms with van der Waals surface area (Å²) in [4.78, 5) is 6.06. The van der Waals surface area contributed by atoms with Crippen molar-refractivity contribution in [3.05, 3.63) is 65.4 Å². The lowest BCUT2D eigenvalue weighted by Crippen LogP contribution is -2.43. The Hall–Kier alpha value is -2.40. The summed E-state index contributed by atoms with van der Waals surface area (Å²) in [6.45, 7) is 1.88. The molecule has 0 amide bonds. The maximum absolute atomic E-state index is 14.7. The van der Waals surface area contributed by atoms with Crippen molar-refractivity contribution in [2.45, 2.75) is 36.7 Å². The Balaban J connectivity index is 1.33. The molecule has 2 heterocycles. The van der Waals surface area contributed by atoms with Crippen LogP contribution in [0, 0.1) is 28.7 Å². The van der Waals surface area contributed by atoms with Crippen LogP contribution in [0.3, 0.4) is 0 Å². The first-order valence-electron chi connectivity index (χ1n) is 12.2. The van der Waals surface area contributed by atoms with Crippen molar-refractivity contribution in [3.8, 4) is 5.75 Å². The van der Waals surface area contributed by atoms with Gasteiger partial charge in [0.25, 0.3) is 0 Å². The van der Waals surface area contributed by atoms with E-state index >= 15 is 0 Å². The third-order valence-electron chi connectivity index (χ3n) is 7.22. The number of piperidine rings is 1. The summed E-state index contributed by atoms with van der Waals surface area (Å²) >= 11 is 1.01. The van der Waals surface area contributed by atoms with Crippen LogP contribution in [0.1, 0.15) is 37.4 Å². The number of halogens is 4. The summed E-state index contributed by atoms with van der Waals surface area (Å²) in [7, 11) is 1.51. The van der Waals surface area contributed by atoms with Crippen LogP contribution >= 0.6 is 11.8 Å². The van der Waals surface area contributed by atoms with Crippen molar-refractivity contribution in [3.63, 3.8) is 0 Å². The number of fused-ring (bicyclic) bond motifs is 1. The first kappa shape index (κ1) is 27.6. The Kier molecular flexibility index (Phi) is 8.94. The highest BCUT2D eigenvalue weighted by molar-refractivity contribution is 7.99. The van der Waals surface area contributed by atoms with Gasteiger partial charge in [-0.3, -0.25) is 4.98 Å². The number of benzene rings is 2. The van der Waals surface area contributed by atoms with Crippen LogP contribution in [0.15, 0.2) is 41.4 Å². The van der Waals surface area contributed by atoms with E-state index in [0.717, 1.165) is 18.0 Å². The normalized spacial score (nSPS) is 16.7. The van der Waals surface area contributed by atoms with Gasteiger partial charge in [-0.1, -0.05) is 0 Å². The molecule has 200 valence electrons. The standard InChI is InChI=1S/C27H30F4N2O3S/c1-36-18-2-3-23-19(14-18)25(22(31)15-32-23)24(35)4-5-27(16-34)6-8-33(9-7-27)10-11-37-26-20(29)12-17(28)13-21(26)30/h2-3,12-15,24,34-35H,4-11,16H2,1H3/t24-/m0/s1. The zero-order valence-corrected chi connectivity index (χ0v) is 21.3. The largest absolute Gasteiger partial charge is 0.497 e. The summed E-state index contributed by atoms with van der Waals surface area (Å²) in [5.41, 5.74) is 0.322. The van der Waals surface area contributed by atoms with Gasteiger partial charge >= 0.3 is 0 Å². The number of aliphatic hydroxyl groups is 2. The minimum Gasteiger partial charge on any atom is -0.497 e. The number of likely N-dealkylation sites (tertiary alicyclic amines) is 1. The maximum atomic E-state index is 14.7. The van der Waals surface area contributed by atoms with Gasteiger partial charge in [-0.05, 0) is 62.4 Å². The van der Waals surface area contributed by atoms with Crippen LogP contribution in [-0.4, -0.2) is 59.2 Å². The minimum atomic E-state index is -1.07. The molecule has 1 aliphatic heterocycles. The number of nitrogens with zero attached hydrogens (tertiary/aromatic N) is 2. The molecule has 1 atom stereocenters. The fraction of sp³-hybridized carbons (Fsp3) is 0.444. The van der Waals surface area contributed by atoms with Crippen molar-refractivity contribution < 1.29 is 32.5 Å². The highest BCUT2D eigenvalue weighted by Gasteiger charge is 2.35. The lowest BCUT2D eigenvalue weighted by molar-refractivity contribution is 0.0251. The monoisotopic (exact) mass is 538 g/mol. The number of pyridine rings is 1. The van der Waals surface area contributed by atoms with Gasteiger partial charge in [-0.2, -0.15) is 0 Å². The van der Waals surface area contributed by atoms with E-state index in [-0.39, 0.29) is 23.5 Å². The number of hydrogen-bond acceptors (Lipinski definition) is 6. The van der Waals surface area contributed by atoms with Gasteiger partial charge in [-0.15, -0.1) is 11.8 Å². The average molecular weight is 539 g/mol. The Labute approximate surface area is 217 Å². The molecule has 3 aromatic rings. The summed E-state index contributed by atoms with van der Waals surface area (Å²) in [6, 6.07) is 6.45. The van der Waals surface area contributed by atoms with Gasteiger partial charge in [0.15, 0.2) is 0 Å². The third-order valence-corrected chi connectivity index (χ3v) is 8.28. The van der Waals surface area contributed by atoms with Gasteiger partial charge in [0.2, 0.25) is 0 Å². The van der Waals surface area contributed by atoms with E-state index in [1.807, 2.05) is 0 Å². The molecule has 0 bridgehead atoms. The molecule has 4 rings (SSSR count). The van der Waals surface area contributed by atoms with Crippen molar-refractivity contribution in [2.24, 2.45) is 5.41 Å². The molecule has 1 fully saturated rings. The van der Waals surface area contributed by atoms with Crippen molar-refractivity contribution in [1.29, 1.82) is 0 Å². The summed E-state index contributed by atoms with van der Waals surface area (Å²) < 4.78 is 60.8. The fourth-order valence-electron chi connectivity index (χ4n) is 4.90. The Morgan fingerprint density at radius 3 is 2.43 bits per heavy atom. The number of hydrogen-bond donors (Lipinski definition) is 2. The average Bonchev–Trinajstić information content (AvgIpc) is 2.89. The van der Waals surface area contributed by atoms with E-state index < -0.39 is 34.8 Å². The number of methoxy groups -OCH3 is 1. The summed E-state index contributed by atoms with van der Waals surface area (Å²) in [5.74, 6) is -2.38. The Bertz CT molecular complexity index is 1210. The van der Waals surface area contributed by atoms with E-state index in [1.165, 1.54) is 7.11 Å². The van der Waals surface area contributed by atoms with Crippen LogP contribution < -0.4 is 4.74 Å². The number of aromatic nitrogens is 1. The topological polar surface area (TPSA) is 65.8 Å². The highest BCUT2D eigenvalue weighted by Crippen LogP contribution is 2.39. The zero-order chi connectivity index (χ0) is 26.6. The molecular formula is C27H30F4N2O3S. The quantitative estimate of drug-likeness (QED) is 0.263. The second-order valence-electron chi connectivity index (χ2n) is 9.50. The highest BCUT2D eigenvalue weighted by atomic mass is 32.2. The second-order valence-corrected chi connectivity index (χ2v) is 10.6. The van der Waals surface area contributed by atoms with Crippen LogP contribution in [0.25, 0.3) is 10.9 Å². The van der Waals surface area contributed by atoms with E-state index in [2.05, 4.69) is 9.88 Å². The van der Waals surface area contributed by atoms with Crippen LogP contribution in [0.2, 0.25) is 0 Å².